The van der Waals surface area contributed by atoms with E-state index >= 15 is 0 Å². The maximum absolute atomic E-state index is 11.2. The van der Waals surface area contributed by atoms with E-state index in [1.54, 1.807) is 29.5 Å². The summed E-state index contributed by atoms with van der Waals surface area (Å²) in [4.78, 5) is 0. The lowest BCUT2D eigenvalue weighted by atomic mass is 10.5. The number of aliphatic hydroxyl groups excluding tert-OH is 1. The molecule has 0 radical (unpaired) electrons. The Kier molecular flexibility index (Phi) is 4.28. The Balaban J connectivity index is 4.85. The van der Waals surface area contributed by atoms with Gasteiger partial charge in [-0.3, -0.25) is 0 Å². The molecule has 0 aromatic rings. The Morgan fingerprint density at radius 2 is 2.09 bits per heavy atom. The van der Waals surface area contributed by atoms with Crippen molar-refractivity contribution in [3.63, 3.8) is 0 Å². The number of sulfone groups is 1. The molecule has 0 aliphatic carbocycles. The van der Waals surface area contributed by atoms with Crippen LogP contribution in [0.1, 0.15) is 13.8 Å². The van der Waals surface area contributed by atoms with Crippen molar-refractivity contribution in [1.29, 1.82) is 0 Å². The second kappa shape index (κ2) is 3.89. The van der Waals surface area contributed by atoms with Gasteiger partial charge in [0.2, 0.25) is 1.66 Å². The highest BCUT2D eigenvalue weighted by molar-refractivity contribution is 14.1. The fraction of sp³-hybridized carbons (Fsp3) is 1.00. The average molecular weight is 357 g/mol. The molecule has 0 aromatic heterocycles. The van der Waals surface area contributed by atoms with Gasteiger partial charge in [-0.1, -0.05) is 22.9 Å². The molecule has 68 valence electrons. The third-order valence-electron chi connectivity index (χ3n) is 1.28. The molecule has 0 aromatic carbocycles. The monoisotopic (exact) mass is 356 g/mol. The highest BCUT2D eigenvalue weighted by Gasteiger charge is 2.41. The fourth-order valence-electron chi connectivity index (χ4n) is 0.452. The van der Waals surface area contributed by atoms with Crippen molar-refractivity contribution < 1.29 is 13.5 Å². The predicted octanol–water partition coefficient (Wildman–Crippen LogP) is 1.29. The summed E-state index contributed by atoms with van der Waals surface area (Å²) in [6.45, 7) is 2.99. The van der Waals surface area contributed by atoms with E-state index in [9.17, 15) is 8.42 Å². The molecule has 6 heteroatoms. The van der Waals surface area contributed by atoms with Gasteiger partial charge in [0, 0.05) is 5.75 Å². The molecule has 11 heavy (non-hydrogen) atoms. The average Bonchev–Trinajstić information content (AvgIpc) is 1.87. The van der Waals surface area contributed by atoms with Crippen LogP contribution >= 0.6 is 38.5 Å². The number of halogens is 2. The Hall–Kier alpha value is 1.12. The summed E-state index contributed by atoms with van der Waals surface area (Å²) in [6, 6.07) is 0. The van der Waals surface area contributed by atoms with Crippen LogP contribution in [-0.4, -0.2) is 27.0 Å². The standard InChI is InChI=1S/C5H10BrIO3S/c1-3-11(9,10)5(6,7)4(2)8/h4,8H,3H2,1-2H3/t4-,5+/m0/s1. The largest absolute Gasteiger partial charge is 0.390 e. The van der Waals surface area contributed by atoms with Crippen LogP contribution in [0.4, 0.5) is 0 Å². The van der Waals surface area contributed by atoms with Crippen LogP contribution in [0.25, 0.3) is 0 Å². The molecule has 0 saturated carbocycles. The number of aliphatic hydroxyl groups is 1. The van der Waals surface area contributed by atoms with Gasteiger partial charge in [0.1, 0.15) is 0 Å². The first-order chi connectivity index (χ1) is 4.75. The van der Waals surface area contributed by atoms with Gasteiger partial charge in [0.15, 0.2) is 9.84 Å². The second-order valence-corrected chi connectivity index (χ2v) is 10.3. The summed E-state index contributed by atoms with van der Waals surface area (Å²) < 4.78 is 21.3. The van der Waals surface area contributed by atoms with Gasteiger partial charge in [-0.05, 0) is 29.5 Å². The van der Waals surface area contributed by atoms with Crippen LogP contribution in [0.2, 0.25) is 0 Å². The van der Waals surface area contributed by atoms with E-state index in [1.807, 2.05) is 0 Å². The number of alkyl halides is 2. The molecule has 0 unspecified atom stereocenters. The fourth-order valence-corrected chi connectivity index (χ4v) is 2.98. The molecule has 0 aliphatic heterocycles. The van der Waals surface area contributed by atoms with Crippen molar-refractivity contribution in [3.8, 4) is 0 Å². The zero-order valence-electron chi connectivity index (χ0n) is 6.21. The first kappa shape index (κ1) is 12.1. The Morgan fingerprint density at radius 3 is 2.18 bits per heavy atom. The minimum Gasteiger partial charge on any atom is -0.390 e. The number of hydrogen-bond donors (Lipinski definition) is 1. The van der Waals surface area contributed by atoms with Crippen LogP contribution in [0.3, 0.4) is 0 Å². The molecule has 0 heterocycles. The van der Waals surface area contributed by atoms with Crippen molar-refractivity contribution >= 4 is 48.4 Å². The molecule has 0 rings (SSSR count). The normalized spacial score (nSPS) is 20.8. The third kappa shape index (κ3) is 2.53. The first-order valence-electron chi connectivity index (χ1n) is 3.04. The van der Waals surface area contributed by atoms with Crippen LogP contribution in [0.15, 0.2) is 0 Å². The lowest BCUT2D eigenvalue weighted by Crippen LogP contribution is -2.37. The highest BCUT2D eigenvalue weighted by atomic mass is 127. The van der Waals surface area contributed by atoms with Crippen molar-refractivity contribution in [2.24, 2.45) is 0 Å². The molecule has 0 amide bonds. The molecule has 1 N–H and O–H groups in total. The van der Waals surface area contributed by atoms with Gasteiger partial charge in [0.25, 0.3) is 0 Å². The van der Waals surface area contributed by atoms with Crippen molar-refractivity contribution in [2.45, 2.75) is 21.6 Å². The van der Waals surface area contributed by atoms with Crippen molar-refractivity contribution in [1.82, 2.24) is 0 Å². The summed E-state index contributed by atoms with van der Waals surface area (Å²) in [5, 5.41) is 9.11. The molecule has 0 spiro atoms. The number of rotatable bonds is 3. The smallest absolute Gasteiger partial charge is 0.202 e. The maximum atomic E-state index is 11.2. The Bertz CT molecular complexity index is 222. The van der Waals surface area contributed by atoms with Crippen LogP contribution in [-0.2, 0) is 9.84 Å². The first-order valence-corrected chi connectivity index (χ1v) is 6.56. The maximum Gasteiger partial charge on any atom is 0.202 e. The van der Waals surface area contributed by atoms with Gasteiger partial charge in [-0.25, -0.2) is 8.42 Å². The zero-order chi connectivity index (χ0) is 9.28. The van der Waals surface area contributed by atoms with E-state index in [2.05, 4.69) is 15.9 Å². The second-order valence-electron chi connectivity index (χ2n) is 2.14. The Labute approximate surface area is 88.7 Å². The molecule has 0 saturated heterocycles. The minimum atomic E-state index is -3.24. The van der Waals surface area contributed by atoms with Crippen LogP contribution < -0.4 is 0 Å². The van der Waals surface area contributed by atoms with E-state index < -0.39 is 17.6 Å². The van der Waals surface area contributed by atoms with Gasteiger partial charge >= 0.3 is 0 Å². The lowest BCUT2D eigenvalue weighted by Gasteiger charge is -2.22. The van der Waals surface area contributed by atoms with E-state index in [0.717, 1.165) is 0 Å². The zero-order valence-corrected chi connectivity index (χ0v) is 10.8. The van der Waals surface area contributed by atoms with Crippen LogP contribution in [0, 0.1) is 0 Å². The van der Waals surface area contributed by atoms with Crippen molar-refractivity contribution in [2.75, 3.05) is 5.75 Å². The topological polar surface area (TPSA) is 54.4 Å². The van der Waals surface area contributed by atoms with Gasteiger partial charge < -0.3 is 5.11 Å². The number of hydrogen-bond acceptors (Lipinski definition) is 3. The van der Waals surface area contributed by atoms with E-state index in [0.29, 0.717) is 0 Å². The highest BCUT2D eigenvalue weighted by Crippen LogP contribution is 2.37. The molecule has 3 nitrogen and oxygen atoms in total. The molecule has 0 aliphatic rings. The third-order valence-corrected chi connectivity index (χ3v) is 8.27. The Morgan fingerprint density at radius 1 is 1.73 bits per heavy atom. The van der Waals surface area contributed by atoms with Crippen molar-refractivity contribution in [3.05, 3.63) is 0 Å². The predicted molar refractivity (Wildman–Crippen MR) is 56.8 cm³/mol. The summed E-state index contributed by atoms with van der Waals surface area (Å²) in [7, 11) is -3.24. The molecule has 0 bridgehead atoms. The van der Waals surface area contributed by atoms with E-state index in [4.69, 9.17) is 5.11 Å². The quantitative estimate of drug-likeness (QED) is 0.612. The minimum absolute atomic E-state index is 0.0199. The summed E-state index contributed by atoms with van der Waals surface area (Å²) in [5.41, 5.74) is 0. The van der Waals surface area contributed by atoms with E-state index in [1.165, 1.54) is 6.92 Å². The van der Waals surface area contributed by atoms with Gasteiger partial charge in [-0.15, -0.1) is 0 Å². The van der Waals surface area contributed by atoms with E-state index in [-0.39, 0.29) is 5.75 Å². The van der Waals surface area contributed by atoms with Crippen LogP contribution in [0.5, 0.6) is 0 Å². The molecular weight excluding hydrogens is 347 g/mol. The van der Waals surface area contributed by atoms with Gasteiger partial charge in [-0.2, -0.15) is 0 Å². The molecule has 2 atom stereocenters. The lowest BCUT2D eigenvalue weighted by molar-refractivity contribution is 0.208. The molecule has 0 fully saturated rings. The summed E-state index contributed by atoms with van der Waals surface area (Å²) in [6.07, 6.45) is -0.923. The summed E-state index contributed by atoms with van der Waals surface area (Å²) >= 11 is 4.66. The molecular formula is C5H10BrIO3S. The summed E-state index contributed by atoms with van der Waals surface area (Å²) in [5.74, 6) is 0.0199. The SMILES string of the molecule is CCS(=O)(=O)[C@](Br)(I)[C@H](C)O. The van der Waals surface area contributed by atoms with Gasteiger partial charge in [0.05, 0.1) is 6.10 Å².